The summed E-state index contributed by atoms with van der Waals surface area (Å²) in [4.78, 5) is 0. The van der Waals surface area contributed by atoms with E-state index in [-0.39, 0.29) is 24.9 Å². The van der Waals surface area contributed by atoms with Crippen molar-refractivity contribution in [1.82, 2.24) is 0 Å². The van der Waals surface area contributed by atoms with Crippen molar-refractivity contribution in [2.45, 2.75) is 194 Å². The van der Waals surface area contributed by atoms with E-state index in [0.29, 0.717) is 0 Å². The molecule has 0 saturated heterocycles. The van der Waals surface area contributed by atoms with Gasteiger partial charge in [0.15, 0.2) is 0 Å². The van der Waals surface area contributed by atoms with Gasteiger partial charge in [0.2, 0.25) is 0 Å². The van der Waals surface area contributed by atoms with Gasteiger partial charge in [0, 0.05) is 7.26 Å². The molecule has 1 unspecified atom stereocenters. The molecule has 0 aromatic heterocycles. The Kier molecular flexibility index (Phi) is 12.8. The van der Waals surface area contributed by atoms with E-state index in [1.54, 1.807) is 128 Å². The molecule has 5 aliphatic rings. The second-order valence-corrected chi connectivity index (χ2v) is 22.4. The minimum atomic E-state index is -1.22. The first-order valence-electron chi connectivity index (χ1n) is 18.1. The minimum Gasteiger partial charge on any atom is -1.00 e. The Balaban J connectivity index is 0.00000323. The average Bonchev–Trinajstić information content (AvgIpc) is 3.04. The quantitative estimate of drug-likeness (QED) is 0.247. The van der Waals surface area contributed by atoms with Crippen molar-refractivity contribution in [3.8, 4) is 0 Å². The van der Waals surface area contributed by atoms with E-state index in [4.69, 9.17) is 0 Å². The molecule has 226 valence electrons. The maximum atomic E-state index is 2.70. The first kappa shape index (κ1) is 32.0. The Morgan fingerprint density at radius 1 is 0.450 bits per heavy atom. The van der Waals surface area contributed by atoms with Crippen LogP contribution in [0.2, 0.25) is 0 Å². The van der Waals surface area contributed by atoms with Gasteiger partial charge in [-0.05, 0) is 120 Å². The Morgan fingerprint density at radius 3 is 1.12 bits per heavy atom. The van der Waals surface area contributed by atoms with Gasteiger partial charge in [-0.15, -0.1) is 0 Å². The van der Waals surface area contributed by atoms with Crippen molar-refractivity contribution >= 4 is 15.2 Å². The molecule has 0 aliphatic heterocycles. The molecule has 5 aliphatic carbocycles. The third-order valence-corrected chi connectivity index (χ3v) is 24.5. The van der Waals surface area contributed by atoms with E-state index in [1.165, 1.54) is 32.1 Å². The molecule has 6 rings (SSSR count). The van der Waals surface area contributed by atoms with E-state index >= 15 is 0 Å². The molecule has 1 atom stereocenters. The number of hydrogen-bond donors (Lipinski definition) is 0. The van der Waals surface area contributed by atoms with Crippen molar-refractivity contribution in [2.24, 2.45) is 0 Å². The maximum Gasteiger partial charge on any atom is 0.114 e. The van der Waals surface area contributed by atoms with Crippen LogP contribution in [-0.4, -0.2) is 28.3 Å². The third kappa shape index (κ3) is 6.94. The van der Waals surface area contributed by atoms with E-state index in [2.05, 4.69) is 30.3 Å². The van der Waals surface area contributed by atoms with E-state index in [0.717, 1.165) is 33.7 Å². The number of benzene rings is 1. The van der Waals surface area contributed by atoms with Crippen LogP contribution in [0.5, 0.6) is 0 Å². The molecule has 0 bridgehead atoms. The second-order valence-electron chi connectivity index (χ2n) is 14.6. The van der Waals surface area contributed by atoms with Crippen LogP contribution in [0.25, 0.3) is 0 Å². The summed E-state index contributed by atoms with van der Waals surface area (Å²) in [6, 6.07) is 12.7. The van der Waals surface area contributed by atoms with Crippen LogP contribution in [0.3, 0.4) is 0 Å². The molecule has 0 heterocycles. The molecule has 5 saturated carbocycles. The zero-order valence-corrected chi connectivity index (χ0v) is 29.2. The van der Waals surface area contributed by atoms with Crippen molar-refractivity contribution < 1.29 is 17.0 Å². The van der Waals surface area contributed by atoms with Gasteiger partial charge in [0.25, 0.3) is 0 Å². The maximum absolute atomic E-state index is 2.70. The Bertz CT molecular complexity index is 763. The highest BCUT2D eigenvalue weighted by Gasteiger charge is 2.64. The summed E-state index contributed by atoms with van der Waals surface area (Å²) in [5, 5.41) is 0.995. The molecular formula is C37H61BrP2. The lowest BCUT2D eigenvalue weighted by molar-refractivity contribution is -0.00000806. The molecule has 3 heteroatoms. The smallest absolute Gasteiger partial charge is 0.114 e. The van der Waals surface area contributed by atoms with Crippen LogP contribution in [0.15, 0.2) is 30.3 Å². The largest absolute Gasteiger partial charge is 1.00 e. The lowest BCUT2D eigenvalue weighted by Gasteiger charge is -2.56. The van der Waals surface area contributed by atoms with Gasteiger partial charge in [-0.1, -0.05) is 96.0 Å². The van der Waals surface area contributed by atoms with Crippen LogP contribution >= 0.6 is 15.2 Å². The predicted molar refractivity (Wildman–Crippen MR) is 177 cm³/mol. The fourth-order valence-corrected chi connectivity index (χ4v) is 26.8. The summed E-state index contributed by atoms with van der Waals surface area (Å²) >= 11 is 0. The molecule has 0 nitrogen and oxygen atoms in total. The molecule has 0 N–H and O–H groups in total. The topological polar surface area (TPSA) is 0 Å². The van der Waals surface area contributed by atoms with Gasteiger partial charge < -0.3 is 17.0 Å². The summed E-state index contributed by atoms with van der Waals surface area (Å²) in [6.07, 6.45) is 39.2. The fraction of sp³-hybridized carbons (Fsp3) is 0.838. The fourth-order valence-electron chi connectivity index (χ4n) is 10.8. The highest BCUT2D eigenvalue weighted by molar-refractivity contribution is 7.87. The monoisotopic (exact) mass is 646 g/mol. The first-order chi connectivity index (χ1) is 19.4. The molecule has 40 heavy (non-hydrogen) atoms. The lowest BCUT2D eigenvalue weighted by atomic mass is 9.99. The van der Waals surface area contributed by atoms with Crippen molar-refractivity contribution in [3.63, 3.8) is 0 Å². The Labute approximate surface area is 261 Å². The zero-order valence-electron chi connectivity index (χ0n) is 25.8. The van der Waals surface area contributed by atoms with E-state index in [9.17, 15) is 0 Å². The van der Waals surface area contributed by atoms with Gasteiger partial charge in [-0.3, -0.25) is 0 Å². The van der Waals surface area contributed by atoms with Crippen LogP contribution in [0, 0.1) is 0 Å². The zero-order chi connectivity index (χ0) is 26.3. The summed E-state index contributed by atoms with van der Waals surface area (Å²) in [7, 11) is -1.16. The minimum absolute atomic E-state index is 0. The summed E-state index contributed by atoms with van der Waals surface area (Å²) in [5.74, 6) is 0. The van der Waals surface area contributed by atoms with Crippen LogP contribution in [0.1, 0.15) is 171 Å². The first-order valence-corrected chi connectivity index (χ1v) is 21.7. The van der Waals surface area contributed by atoms with Crippen molar-refractivity contribution in [2.75, 3.05) is 0 Å². The van der Waals surface area contributed by atoms with E-state index < -0.39 is 7.26 Å². The number of rotatable bonds is 8. The summed E-state index contributed by atoms with van der Waals surface area (Å²) < 4.78 is 0. The molecule has 5 fully saturated rings. The van der Waals surface area contributed by atoms with Crippen molar-refractivity contribution in [1.29, 1.82) is 0 Å². The number of hydrogen-bond acceptors (Lipinski definition) is 0. The Hall–Kier alpha value is 0.560. The molecule has 0 radical (unpaired) electrons. The van der Waals surface area contributed by atoms with Gasteiger partial charge >= 0.3 is 0 Å². The molecular weight excluding hydrogens is 586 g/mol. The molecule has 0 spiro atoms. The molecule has 1 aromatic rings. The van der Waals surface area contributed by atoms with Crippen LogP contribution in [0.4, 0.5) is 0 Å². The number of halogens is 1. The van der Waals surface area contributed by atoms with Gasteiger partial charge in [0.05, 0.1) is 17.0 Å². The third-order valence-electron chi connectivity index (χ3n) is 12.4. The summed E-state index contributed by atoms with van der Waals surface area (Å²) in [5.41, 5.74) is 7.38. The summed E-state index contributed by atoms with van der Waals surface area (Å²) in [6.45, 7) is 0. The standard InChI is InChI=1S/C37H61P2.BrH/c1-7-19-31(20-8-1)37(38(32-21-9-2-10-22-32)33-23-11-3-12-24-33)39(34-25-13-4-14-26-34,35-27-15-5-16-28-35)36-29-17-6-18-30-36;/h1,7-8,19-20,32-37H,2-6,9-18,21-30H2;1H/q+1;/p-1. The SMILES string of the molecule is [Br-].c1ccc(C(P(C2CCCCC2)C2CCCCC2)[P+](C2CCCCC2)(C2CCCCC2)C2CCCCC2)cc1. The van der Waals surface area contributed by atoms with Gasteiger partial charge in [-0.2, -0.15) is 0 Å². The van der Waals surface area contributed by atoms with Crippen LogP contribution in [-0.2, 0) is 0 Å². The predicted octanol–water partition coefficient (Wildman–Crippen LogP) is 9.85. The van der Waals surface area contributed by atoms with Crippen molar-refractivity contribution in [3.05, 3.63) is 35.9 Å². The normalized spacial score (nSPS) is 26.4. The molecule has 0 amide bonds. The van der Waals surface area contributed by atoms with Gasteiger partial charge in [0.1, 0.15) is 5.40 Å². The highest BCUT2D eigenvalue weighted by Crippen LogP contribution is 2.92. The molecule has 1 aromatic carbocycles. The average molecular weight is 648 g/mol. The van der Waals surface area contributed by atoms with Gasteiger partial charge in [-0.25, -0.2) is 0 Å². The van der Waals surface area contributed by atoms with Crippen LogP contribution < -0.4 is 17.0 Å². The van der Waals surface area contributed by atoms with E-state index in [1.807, 2.05) is 5.56 Å². The second kappa shape index (κ2) is 16.0. The highest BCUT2D eigenvalue weighted by atomic mass is 79.9. The Morgan fingerprint density at radius 2 is 0.775 bits per heavy atom. The lowest BCUT2D eigenvalue weighted by Crippen LogP contribution is -3.00.